The highest BCUT2D eigenvalue weighted by Crippen LogP contribution is 2.30. The third kappa shape index (κ3) is 3.08. The summed E-state index contributed by atoms with van der Waals surface area (Å²) in [5, 5.41) is 20.7. The van der Waals surface area contributed by atoms with Crippen LogP contribution in [0.25, 0.3) is 0 Å². The lowest BCUT2D eigenvalue weighted by atomic mass is 10.2. The molecule has 0 spiro atoms. The van der Waals surface area contributed by atoms with E-state index in [1.54, 1.807) is 18.2 Å². The van der Waals surface area contributed by atoms with Crippen LogP contribution in [0.15, 0.2) is 47.5 Å². The normalized spacial score (nSPS) is 10.8. The van der Waals surface area contributed by atoms with Gasteiger partial charge in [-0.25, -0.2) is 0 Å². The van der Waals surface area contributed by atoms with Crippen LogP contribution in [0.5, 0.6) is 5.75 Å². The van der Waals surface area contributed by atoms with Crippen LogP contribution in [-0.4, -0.2) is 16.2 Å². The number of aliphatic imine (C=N–C) groups is 1. The zero-order valence-corrected chi connectivity index (χ0v) is 10.4. The summed E-state index contributed by atoms with van der Waals surface area (Å²) in [6.07, 6.45) is 1.49. The van der Waals surface area contributed by atoms with Gasteiger partial charge in [0.15, 0.2) is 0 Å². The SMILES string of the molecule is O=[N+]([O-])c1ccc(N=Cc2ccccc2Cl)c(O)c1. The van der Waals surface area contributed by atoms with E-state index in [9.17, 15) is 15.2 Å². The number of hydrogen-bond acceptors (Lipinski definition) is 4. The predicted octanol–water partition coefficient (Wildman–Crippen LogP) is 3.70. The first-order valence-electron chi connectivity index (χ1n) is 5.34. The molecule has 0 amide bonds. The smallest absolute Gasteiger partial charge is 0.273 e. The molecule has 0 bridgehead atoms. The van der Waals surface area contributed by atoms with E-state index in [1.165, 1.54) is 18.3 Å². The van der Waals surface area contributed by atoms with Crippen LogP contribution < -0.4 is 0 Å². The summed E-state index contributed by atoms with van der Waals surface area (Å²) in [6.45, 7) is 0. The molecule has 0 aliphatic carbocycles. The number of aromatic hydroxyl groups is 1. The largest absolute Gasteiger partial charge is 0.505 e. The van der Waals surface area contributed by atoms with Gasteiger partial charge in [-0.15, -0.1) is 0 Å². The quantitative estimate of drug-likeness (QED) is 0.527. The molecule has 5 nitrogen and oxygen atoms in total. The molecule has 0 radical (unpaired) electrons. The second kappa shape index (κ2) is 5.49. The third-order valence-corrected chi connectivity index (χ3v) is 2.76. The number of hydrogen-bond donors (Lipinski definition) is 1. The monoisotopic (exact) mass is 276 g/mol. The Bertz CT molecular complexity index is 656. The minimum Gasteiger partial charge on any atom is -0.505 e. The summed E-state index contributed by atoms with van der Waals surface area (Å²) in [5.74, 6) is -0.252. The van der Waals surface area contributed by atoms with E-state index in [4.69, 9.17) is 11.6 Å². The van der Waals surface area contributed by atoms with E-state index < -0.39 is 4.92 Å². The van der Waals surface area contributed by atoms with Crippen molar-refractivity contribution in [3.05, 3.63) is 63.2 Å². The first-order valence-corrected chi connectivity index (χ1v) is 5.72. The molecule has 0 unspecified atom stereocenters. The number of nitro groups is 1. The van der Waals surface area contributed by atoms with Gasteiger partial charge in [-0.3, -0.25) is 15.1 Å². The second-order valence-electron chi connectivity index (χ2n) is 3.71. The van der Waals surface area contributed by atoms with Gasteiger partial charge in [0, 0.05) is 22.9 Å². The highest BCUT2D eigenvalue weighted by molar-refractivity contribution is 6.33. The Morgan fingerprint density at radius 3 is 2.63 bits per heavy atom. The van der Waals surface area contributed by atoms with E-state index in [-0.39, 0.29) is 17.1 Å². The minimum absolute atomic E-state index is 0.186. The van der Waals surface area contributed by atoms with E-state index in [1.807, 2.05) is 6.07 Å². The molecule has 0 fully saturated rings. The molecule has 0 saturated heterocycles. The topological polar surface area (TPSA) is 75.7 Å². The Labute approximate surface area is 113 Å². The lowest BCUT2D eigenvalue weighted by molar-refractivity contribution is -0.384. The number of nitro benzene ring substituents is 1. The third-order valence-electron chi connectivity index (χ3n) is 2.42. The Morgan fingerprint density at radius 2 is 2.00 bits per heavy atom. The highest BCUT2D eigenvalue weighted by Gasteiger charge is 2.09. The van der Waals surface area contributed by atoms with Crippen molar-refractivity contribution in [3.63, 3.8) is 0 Å². The van der Waals surface area contributed by atoms with Crippen molar-refractivity contribution in [3.8, 4) is 5.75 Å². The number of benzene rings is 2. The van der Waals surface area contributed by atoms with Crippen molar-refractivity contribution in [1.82, 2.24) is 0 Å². The molecule has 0 heterocycles. The highest BCUT2D eigenvalue weighted by atomic mass is 35.5. The Balaban J connectivity index is 2.29. The van der Waals surface area contributed by atoms with Crippen LogP contribution in [0.4, 0.5) is 11.4 Å². The van der Waals surface area contributed by atoms with Crippen molar-refractivity contribution in [2.24, 2.45) is 4.99 Å². The van der Waals surface area contributed by atoms with Gasteiger partial charge in [0.1, 0.15) is 11.4 Å². The molecule has 6 heteroatoms. The molecule has 0 aliphatic heterocycles. The molecule has 0 saturated carbocycles. The number of rotatable bonds is 3. The fraction of sp³-hybridized carbons (Fsp3) is 0. The van der Waals surface area contributed by atoms with Gasteiger partial charge in [0.2, 0.25) is 0 Å². The maximum atomic E-state index is 10.5. The fourth-order valence-electron chi connectivity index (χ4n) is 1.45. The van der Waals surface area contributed by atoms with E-state index in [2.05, 4.69) is 4.99 Å². The van der Waals surface area contributed by atoms with Crippen molar-refractivity contribution in [1.29, 1.82) is 0 Å². The maximum absolute atomic E-state index is 10.5. The van der Waals surface area contributed by atoms with Gasteiger partial charge >= 0.3 is 0 Å². The Hall–Kier alpha value is -2.40. The fourth-order valence-corrected chi connectivity index (χ4v) is 1.64. The van der Waals surface area contributed by atoms with Crippen LogP contribution in [-0.2, 0) is 0 Å². The summed E-state index contributed by atoms with van der Waals surface area (Å²) in [4.78, 5) is 14.0. The average molecular weight is 277 g/mol. The zero-order valence-electron chi connectivity index (χ0n) is 9.65. The maximum Gasteiger partial charge on any atom is 0.273 e. The van der Waals surface area contributed by atoms with Crippen molar-refractivity contribution < 1.29 is 10.0 Å². The Kier molecular flexibility index (Phi) is 3.77. The van der Waals surface area contributed by atoms with Gasteiger partial charge in [-0.2, -0.15) is 0 Å². The van der Waals surface area contributed by atoms with E-state index in [0.29, 0.717) is 10.6 Å². The average Bonchev–Trinajstić information content (AvgIpc) is 2.39. The summed E-state index contributed by atoms with van der Waals surface area (Å²) >= 11 is 5.95. The number of phenols is 1. The molecule has 2 rings (SSSR count). The summed E-state index contributed by atoms with van der Waals surface area (Å²) in [6, 6.07) is 10.8. The van der Waals surface area contributed by atoms with Crippen LogP contribution in [0.3, 0.4) is 0 Å². The van der Waals surface area contributed by atoms with Gasteiger partial charge in [-0.1, -0.05) is 29.8 Å². The minimum atomic E-state index is -0.582. The summed E-state index contributed by atoms with van der Waals surface area (Å²) < 4.78 is 0. The van der Waals surface area contributed by atoms with Crippen molar-refractivity contribution in [2.75, 3.05) is 0 Å². The van der Waals surface area contributed by atoms with Crippen LogP contribution in [0.1, 0.15) is 5.56 Å². The van der Waals surface area contributed by atoms with Gasteiger partial charge < -0.3 is 5.11 Å². The second-order valence-corrected chi connectivity index (χ2v) is 4.12. The van der Waals surface area contributed by atoms with E-state index in [0.717, 1.165) is 6.07 Å². The first-order chi connectivity index (χ1) is 9.08. The number of phenolic OH excluding ortho intramolecular Hbond substituents is 1. The molecule has 0 atom stereocenters. The van der Waals surface area contributed by atoms with Crippen molar-refractivity contribution >= 4 is 29.2 Å². The number of non-ortho nitro benzene ring substituents is 1. The summed E-state index contributed by atoms with van der Waals surface area (Å²) in [7, 11) is 0. The molecule has 0 aromatic heterocycles. The van der Waals surface area contributed by atoms with Gasteiger partial charge in [0.05, 0.1) is 11.0 Å². The zero-order chi connectivity index (χ0) is 13.8. The van der Waals surface area contributed by atoms with E-state index >= 15 is 0 Å². The van der Waals surface area contributed by atoms with Gasteiger partial charge in [-0.05, 0) is 12.1 Å². The number of nitrogens with zero attached hydrogens (tertiary/aromatic N) is 2. The molecular formula is C13H9ClN2O3. The molecule has 2 aromatic carbocycles. The Morgan fingerprint density at radius 1 is 1.26 bits per heavy atom. The van der Waals surface area contributed by atoms with Crippen molar-refractivity contribution in [2.45, 2.75) is 0 Å². The van der Waals surface area contributed by atoms with Crippen LogP contribution in [0, 0.1) is 10.1 Å². The van der Waals surface area contributed by atoms with Crippen LogP contribution in [0.2, 0.25) is 5.02 Å². The standard InChI is InChI=1S/C13H9ClN2O3/c14-11-4-2-1-3-9(11)8-15-12-6-5-10(16(18)19)7-13(12)17/h1-8,17H. The molecule has 96 valence electrons. The summed E-state index contributed by atoms with van der Waals surface area (Å²) in [5.41, 5.74) is 0.752. The molecule has 0 aliphatic rings. The predicted molar refractivity (Wildman–Crippen MR) is 73.5 cm³/mol. The van der Waals surface area contributed by atoms with Crippen LogP contribution >= 0.6 is 11.6 Å². The molecule has 2 aromatic rings. The molecule has 19 heavy (non-hydrogen) atoms. The lowest BCUT2D eigenvalue weighted by Crippen LogP contribution is -1.87. The molecule has 1 N–H and O–H groups in total. The molecular weight excluding hydrogens is 268 g/mol. The lowest BCUT2D eigenvalue weighted by Gasteiger charge is -1.99. The first kappa shape index (κ1) is 13.0. The number of halogens is 1. The van der Waals surface area contributed by atoms with Gasteiger partial charge in [0.25, 0.3) is 5.69 Å².